The number of rotatable bonds is 4. The number of halogens is 2. The lowest BCUT2D eigenvalue weighted by atomic mass is 10.1. The lowest BCUT2D eigenvalue weighted by Crippen LogP contribution is -2.13. The van der Waals surface area contributed by atoms with Crippen molar-refractivity contribution in [2.45, 2.75) is 13.8 Å². The van der Waals surface area contributed by atoms with Gasteiger partial charge in [0, 0.05) is 18.0 Å². The zero-order valence-corrected chi connectivity index (χ0v) is 14.3. The van der Waals surface area contributed by atoms with E-state index in [1.54, 1.807) is 12.1 Å². The normalized spacial score (nSPS) is 10.5. The Kier molecular flexibility index (Phi) is 4.93. The summed E-state index contributed by atoms with van der Waals surface area (Å²) in [6, 6.07) is 12.0. The Morgan fingerprint density at radius 1 is 1.00 bits per heavy atom. The minimum Gasteiger partial charge on any atom is -0.338 e. The highest BCUT2D eigenvalue weighted by Crippen LogP contribution is 2.21. The summed E-state index contributed by atoms with van der Waals surface area (Å²) in [5, 5.41) is 5.60. The van der Waals surface area contributed by atoms with Crippen LogP contribution < -0.4 is 10.6 Å². The van der Waals surface area contributed by atoms with E-state index in [1.807, 2.05) is 32.0 Å². The largest absolute Gasteiger partial charge is 0.338 e. The molecule has 4 nitrogen and oxygen atoms in total. The number of aromatic nitrogens is 1. The van der Waals surface area contributed by atoms with Crippen molar-refractivity contribution >= 4 is 23.1 Å². The first-order chi connectivity index (χ1) is 12.4. The number of amides is 1. The minimum absolute atomic E-state index is 0.103. The Morgan fingerprint density at radius 2 is 1.81 bits per heavy atom. The van der Waals surface area contributed by atoms with Gasteiger partial charge in [0.25, 0.3) is 5.91 Å². The van der Waals surface area contributed by atoms with Crippen molar-refractivity contribution in [2.24, 2.45) is 0 Å². The molecule has 0 bridgehead atoms. The molecular formula is C20H17F2N3O. The molecule has 132 valence electrons. The summed E-state index contributed by atoms with van der Waals surface area (Å²) >= 11 is 0. The van der Waals surface area contributed by atoms with Gasteiger partial charge in [-0.05, 0) is 55.3 Å². The molecule has 0 atom stereocenters. The monoisotopic (exact) mass is 353 g/mol. The molecule has 3 rings (SSSR count). The summed E-state index contributed by atoms with van der Waals surface area (Å²) < 4.78 is 26.6. The second-order valence-corrected chi connectivity index (χ2v) is 5.88. The lowest BCUT2D eigenvalue weighted by molar-refractivity contribution is 0.102. The molecule has 2 aromatic carbocycles. The van der Waals surface area contributed by atoms with Gasteiger partial charge in [-0.2, -0.15) is 0 Å². The third kappa shape index (κ3) is 3.85. The van der Waals surface area contributed by atoms with Gasteiger partial charge in [-0.15, -0.1) is 0 Å². The summed E-state index contributed by atoms with van der Waals surface area (Å²) in [7, 11) is 0. The van der Waals surface area contributed by atoms with E-state index in [4.69, 9.17) is 0 Å². The summed E-state index contributed by atoms with van der Waals surface area (Å²) in [4.78, 5) is 16.5. The van der Waals surface area contributed by atoms with Gasteiger partial charge in [0.1, 0.15) is 17.5 Å². The number of aryl methyl sites for hydroxylation is 1. The number of nitrogens with one attached hydrogen (secondary N) is 2. The molecule has 1 heterocycles. The highest BCUT2D eigenvalue weighted by atomic mass is 19.1. The number of nitrogens with zero attached hydrogens (tertiary/aromatic N) is 1. The maximum Gasteiger partial charge on any atom is 0.257 e. The van der Waals surface area contributed by atoms with Gasteiger partial charge in [0.05, 0.1) is 11.3 Å². The zero-order valence-electron chi connectivity index (χ0n) is 14.3. The number of hydrogen-bond acceptors (Lipinski definition) is 3. The summed E-state index contributed by atoms with van der Waals surface area (Å²) in [5.74, 6) is -1.31. The van der Waals surface area contributed by atoms with E-state index in [0.717, 1.165) is 28.9 Å². The van der Waals surface area contributed by atoms with E-state index in [-0.39, 0.29) is 11.6 Å². The lowest BCUT2D eigenvalue weighted by Gasteiger charge is -2.11. The van der Waals surface area contributed by atoms with Gasteiger partial charge in [0.2, 0.25) is 0 Å². The first-order valence-electron chi connectivity index (χ1n) is 8.00. The van der Waals surface area contributed by atoms with Crippen molar-refractivity contribution in [3.63, 3.8) is 0 Å². The molecular weight excluding hydrogens is 336 g/mol. The molecule has 1 aromatic heterocycles. The van der Waals surface area contributed by atoms with Crippen molar-refractivity contribution < 1.29 is 13.6 Å². The average molecular weight is 353 g/mol. The molecule has 0 saturated carbocycles. The maximum absolute atomic E-state index is 13.7. The molecule has 0 spiro atoms. The molecule has 3 aromatic rings. The van der Waals surface area contributed by atoms with Crippen molar-refractivity contribution in [1.82, 2.24) is 4.98 Å². The van der Waals surface area contributed by atoms with Crippen molar-refractivity contribution in [3.05, 3.63) is 83.1 Å². The predicted octanol–water partition coefficient (Wildman–Crippen LogP) is 4.97. The molecule has 1 amide bonds. The molecule has 6 heteroatoms. The Balaban J connectivity index is 1.72. The van der Waals surface area contributed by atoms with Crippen LogP contribution in [0.3, 0.4) is 0 Å². The fourth-order valence-electron chi connectivity index (χ4n) is 2.41. The molecule has 2 N–H and O–H groups in total. The van der Waals surface area contributed by atoms with Crippen LogP contribution in [-0.2, 0) is 0 Å². The van der Waals surface area contributed by atoms with Crippen LogP contribution >= 0.6 is 0 Å². The van der Waals surface area contributed by atoms with Gasteiger partial charge in [-0.3, -0.25) is 4.79 Å². The second kappa shape index (κ2) is 7.31. The van der Waals surface area contributed by atoms with Crippen molar-refractivity contribution in [3.8, 4) is 0 Å². The van der Waals surface area contributed by atoms with E-state index in [0.29, 0.717) is 11.4 Å². The summed E-state index contributed by atoms with van der Waals surface area (Å²) in [5.41, 5.74) is 3.30. The molecule has 0 aliphatic rings. The van der Waals surface area contributed by atoms with Gasteiger partial charge < -0.3 is 10.6 Å². The number of anilines is 3. The van der Waals surface area contributed by atoms with Crippen LogP contribution in [0, 0.1) is 25.5 Å². The SMILES string of the molecule is Cc1cccc(NC(=O)c2ccc(Nc3ccc(F)cc3F)nc2)c1C. The number of benzene rings is 2. The van der Waals surface area contributed by atoms with E-state index < -0.39 is 11.6 Å². The predicted molar refractivity (Wildman–Crippen MR) is 97.7 cm³/mol. The highest BCUT2D eigenvalue weighted by molar-refractivity contribution is 6.04. The molecule has 26 heavy (non-hydrogen) atoms. The Bertz CT molecular complexity index is 956. The first-order valence-corrected chi connectivity index (χ1v) is 8.00. The fraction of sp³-hybridized carbons (Fsp3) is 0.100. The van der Waals surface area contributed by atoms with E-state index in [9.17, 15) is 13.6 Å². The van der Waals surface area contributed by atoms with Gasteiger partial charge in [0.15, 0.2) is 0 Å². The van der Waals surface area contributed by atoms with Crippen LogP contribution in [0.25, 0.3) is 0 Å². The number of pyridine rings is 1. The topological polar surface area (TPSA) is 54.0 Å². The van der Waals surface area contributed by atoms with Gasteiger partial charge in [-0.1, -0.05) is 12.1 Å². The van der Waals surface area contributed by atoms with Crippen molar-refractivity contribution in [1.29, 1.82) is 0 Å². The third-order valence-corrected chi connectivity index (χ3v) is 4.07. The van der Waals surface area contributed by atoms with Crippen LogP contribution in [0.1, 0.15) is 21.5 Å². The number of hydrogen-bond donors (Lipinski definition) is 2. The fourth-order valence-corrected chi connectivity index (χ4v) is 2.41. The molecule has 0 unspecified atom stereocenters. The highest BCUT2D eigenvalue weighted by Gasteiger charge is 2.10. The number of carbonyl (C=O) groups excluding carboxylic acids is 1. The van der Waals surface area contributed by atoms with Crippen LogP contribution in [0.4, 0.5) is 26.0 Å². The summed E-state index contributed by atoms with van der Waals surface area (Å²) in [6.45, 7) is 3.91. The summed E-state index contributed by atoms with van der Waals surface area (Å²) in [6.07, 6.45) is 1.39. The number of carbonyl (C=O) groups is 1. The minimum atomic E-state index is -0.719. The van der Waals surface area contributed by atoms with E-state index in [1.165, 1.54) is 12.3 Å². The van der Waals surface area contributed by atoms with Crippen molar-refractivity contribution in [2.75, 3.05) is 10.6 Å². The van der Waals surface area contributed by atoms with Gasteiger partial charge >= 0.3 is 0 Å². The van der Waals surface area contributed by atoms with Crippen LogP contribution in [0.15, 0.2) is 54.7 Å². The van der Waals surface area contributed by atoms with Gasteiger partial charge in [-0.25, -0.2) is 13.8 Å². The quantitative estimate of drug-likeness (QED) is 0.696. The van der Waals surface area contributed by atoms with E-state index >= 15 is 0 Å². The van der Waals surface area contributed by atoms with Crippen LogP contribution in [0.5, 0.6) is 0 Å². The van der Waals surface area contributed by atoms with Crippen LogP contribution in [-0.4, -0.2) is 10.9 Å². The maximum atomic E-state index is 13.7. The molecule has 0 aliphatic carbocycles. The Labute approximate surface area is 149 Å². The third-order valence-electron chi connectivity index (χ3n) is 4.07. The second-order valence-electron chi connectivity index (χ2n) is 5.88. The Hall–Kier alpha value is -3.28. The standard InChI is InChI=1S/C20H17F2N3O/c1-12-4-3-5-17(13(12)2)25-20(26)14-6-9-19(23-11-14)24-18-8-7-15(21)10-16(18)22/h3-11H,1-2H3,(H,23,24)(H,25,26). The molecule has 0 saturated heterocycles. The zero-order chi connectivity index (χ0) is 18.7. The molecule has 0 radical (unpaired) electrons. The average Bonchev–Trinajstić information content (AvgIpc) is 2.62. The molecule has 0 aliphatic heterocycles. The first kappa shape index (κ1) is 17.5. The smallest absolute Gasteiger partial charge is 0.257 e. The van der Waals surface area contributed by atoms with Crippen LogP contribution in [0.2, 0.25) is 0 Å². The van der Waals surface area contributed by atoms with E-state index in [2.05, 4.69) is 15.6 Å². The molecule has 0 fully saturated rings. The Morgan fingerprint density at radius 3 is 2.50 bits per heavy atom.